The van der Waals surface area contributed by atoms with Crippen LogP contribution in [0.2, 0.25) is 0 Å². The van der Waals surface area contributed by atoms with Crippen molar-refractivity contribution in [2.24, 2.45) is 0 Å². The summed E-state index contributed by atoms with van der Waals surface area (Å²) < 4.78 is 84.4. The average molecular weight is 651 g/mol. The van der Waals surface area contributed by atoms with Crippen LogP contribution >= 0.6 is 0 Å². The summed E-state index contributed by atoms with van der Waals surface area (Å²) in [7, 11) is -10.1. The van der Waals surface area contributed by atoms with Crippen molar-refractivity contribution in [3.05, 3.63) is 131 Å². The van der Waals surface area contributed by atoms with Crippen molar-refractivity contribution in [1.82, 2.24) is 0 Å². The van der Waals surface area contributed by atoms with Crippen molar-refractivity contribution in [1.29, 1.82) is 0 Å². The molecule has 2 N–H and O–H groups in total. The summed E-state index contributed by atoms with van der Waals surface area (Å²) in [5.41, 5.74) is 2.49. The highest BCUT2D eigenvalue weighted by atomic mass is 32.2. The lowest BCUT2D eigenvalue weighted by atomic mass is 10.1. The molecule has 11 nitrogen and oxygen atoms in total. The monoisotopic (exact) mass is 650 g/mol. The van der Waals surface area contributed by atoms with Crippen LogP contribution in [0, 0.1) is 0 Å². The fraction of sp³-hybridized carbons (Fsp3) is 0.0625. The van der Waals surface area contributed by atoms with E-state index in [0.717, 1.165) is 47.5 Å². The Balaban J connectivity index is 1.56. The zero-order chi connectivity index (χ0) is 32.8. The van der Waals surface area contributed by atoms with Crippen molar-refractivity contribution in [2.45, 2.75) is 23.0 Å². The Kier molecular flexibility index (Phi) is 9.99. The molecule has 0 aliphatic heterocycles. The van der Waals surface area contributed by atoms with Gasteiger partial charge in [-0.15, -0.1) is 0 Å². The van der Waals surface area contributed by atoms with E-state index in [-0.39, 0.29) is 24.3 Å². The molecule has 4 aromatic carbocycles. The molecule has 0 aliphatic rings. The molecule has 0 amide bonds. The highest BCUT2D eigenvalue weighted by Gasteiger charge is 2.25. The minimum Gasteiger partial charge on any atom is -0.457 e. The largest absolute Gasteiger partial charge is 0.457 e. The first-order chi connectivity index (χ1) is 21.3. The second kappa shape index (κ2) is 13.7. The lowest BCUT2D eigenvalue weighted by molar-refractivity contribution is 0.0463. The number of benzene rings is 4. The van der Waals surface area contributed by atoms with Gasteiger partial charge in [0.25, 0.3) is 20.2 Å². The first kappa shape index (κ1) is 32.8. The van der Waals surface area contributed by atoms with Crippen LogP contribution in [0.15, 0.2) is 108 Å². The maximum Gasteiger partial charge on any atom is 0.338 e. The third kappa shape index (κ3) is 8.52. The van der Waals surface area contributed by atoms with E-state index in [4.69, 9.17) is 14.2 Å². The van der Waals surface area contributed by atoms with E-state index in [1.54, 1.807) is 60.7 Å². The summed E-state index contributed by atoms with van der Waals surface area (Å²) in [5, 5.41) is 0. The predicted molar refractivity (Wildman–Crippen MR) is 164 cm³/mol. The van der Waals surface area contributed by atoms with Crippen molar-refractivity contribution in [2.75, 3.05) is 0 Å². The van der Waals surface area contributed by atoms with Crippen LogP contribution in [0.1, 0.15) is 43.0 Å². The van der Waals surface area contributed by atoms with Crippen LogP contribution in [0.3, 0.4) is 0 Å². The molecule has 13 heteroatoms. The lowest BCUT2D eigenvalue weighted by Gasteiger charge is -2.14. The molecule has 4 rings (SSSR count). The average Bonchev–Trinajstić information content (AvgIpc) is 3.02. The smallest absolute Gasteiger partial charge is 0.338 e. The van der Waals surface area contributed by atoms with Crippen LogP contribution in [0.25, 0.3) is 12.2 Å². The van der Waals surface area contributed by atoms with Gasteiger partial charge in [0, 0.05) is 0 Å². The SMILES string of the molecule is C=Cc1ccc(COC(=O)c2ccc(Oc3ccc(C(=O)OCc4ccc(C=C)cc4)cc3S(=O)(=O)O)c(S(=O)(=O)O)c2)cc1. The molecule has 0 aromatic heterocycles. The predicted octanol–water partition coefficient (Wildman–Crippen LogP) is 5.97. The van der Waals surface area contributed by atoms with Gasteiger partial charge >= 0.3 is 11.9 Å². The fourth-order valence-electron chi connectivity index (χ4n) is 3.92. The molecule has 0 bridgehead atoms. The van der Waals surface area contributed by atoms with Crippen molar-refractivity contribution in [3.8, 4) is 11.5 Å². The van der Waals surface area contributed by atoms with Gasteiger partial charge in [-0.25, -0.2) is 9.59 Å². The van der Waals surface area contributed by atoms with Crippen molar-refractivity contribution >= 4 is 44.3 Å². The molecule has 0 spiro atoms. The molecular formula is C32H26O11S2. The van der Waals surface area contributed by atoms with Gasteiger partial charge in [0.15, 0.2) is 0 Å². The van der Waals surface area contributed by atoms with E-state index in [1.807, 2.05) is 0 Å². The maximum absolute atomic E-state index is 12.6. The van der Waals surface area contributed by atoms with Gasteiger partial charge in [0.2, 0.25) is 0 Å². The molecule has 0 fully saturated rings. The summed E-state index contributed by atoms with van der Waals surface area (Å²) in [6.07, 6.45) is 3.29. The third-order valence-electron chi connectivity index (χ3n) is 6.31. The van der Waals surface area contributed by atoms with Gasteiger partial charge in [-0.3, -0.25) is 9.11 Å². The Hall–Kier alpha value is -5.08. The zero-order valence-corrected chi connectivity index (χ0v) is 25.1. The number of hydrogen-bond acceptors (Lipinski definition) is 9. The van der Waals surface area contributed by atoms with Crippen LogP contribution in [0.4, 0.5) is 0 Å². The second-order valence-electron chi connectivity index (χ2n) is 9.42. The van der Waals surface area contributed by atoms with Gasteiger partial charge in [0.05, 0.1) is 11.1 Å². The Morgan fingerprint density at radius 2 is 0.956 bits per heavy atom. The summed E-state index contributed by atoms with van der Waals surface area (Å²) in [6, 6.07) is 19.7. The standard InChI is InChI=1S/C32H26O11S2/c1-3-21-5-9-23(10-6-21)19-41-31(33)25-13-15-27(29(17-25)44(35,36)37)43-28-16-14-26(18-30(28)45(38,39)40)32(34)42-20-24-11-7-22(4-2)8-12-24/h3-18H,1-2,19-20H2,(H,35,36,37)(H,38,39,40). The van der Waals surface area contributed by atoms with Crippen LogP contribution in [-0.4, -0.2) is 37.9 Å². The number of hydrogen-bond donors (Lipinski definition) is 2. The van der Waals surface area contributed by atoms with E-state index in [2.05, 4.69) is 13.2 Å². The first-order valence-electron chi connectivity index (χ1n) is 13.0. The van der Waals surface area contributed by atoms with E-state index in [1.165, 1.54) is 0 Å². The highest BCUT2D eigenvalue weighted by Crippen LogP contribution is 2.34. The Labute approximate surface area is 259 Å². The Bertz CT molecular complexity index is 1840. The van der Waals surface area contributed by atoms with Gasteiger partial charge < -0.3 is 14.2 Å². The van der Waals surface area contributed by atoms with Gasteiger partial charge in [-0.1, -0.05) is 73.8 Å². The number of ether oxygens (including phenoxy) is 3. The van der Waals surface area contributed by atoms with E-state index in [0.29, 0.717) is 11.1 Å². The molecule has 0 saturated heterocycles. The van der Waals surface area contributed by atoms with Crippen molar-refractivity contribution in [3.63, 3.8) is 0 Å². The van der Waals surface area contributed by atoms with Crippen LogP contribution in [0.5, 0.6) is 11.5 Å². The highest BCUT2D eigenvalue weighted by molar-refractivity contribution is 7.86. The minimum absolute atomic E-state index is 0.135. The summed E-state index contributed by atoms with van der Waals surface area (Å²) in [4.78, 5) is 23.5. The van der Waals surface area contributed by atoms with E-state index >= 15 is 0 Å². The lowest BCUT2D eigenvalue weighted by Crippen LogP contribution is -2.10. The van der Waals surface area contributed by atoms with Gasteiger partial charge in [-0.2, -0.15) is 16.8 Å². The molecule has 0 radical (unpaired) electrons. The second-order valence-corrected chi connectivity index (χ2v) is 12.2. The number of esters is 2. The summed E-state index contributed by atoms with van der Waals surface area (Å²) in [6.45, 7) is 7.04. The van der Waals surface area contributed by atoms with Gasteiger partial charge in [0.1, 0.15) is 34.5 Å². The summed E-state index contributed by atoms with van der Waals surface area (Å²) >= 11 is 0. The molecule has 0 atom stereocenters. The van der Waals surface area contributed by atoms with E-state index in [9.17, 15) is 35.5 Å². The van der Waals surface area contributed by atoms with Crippen LogP contribution in [-0.2, 0) is 42.9 Å². The zero-order valence-electron chi connectivity index (χ0n) is 23.5. The molecule has 232 valence electrons. The number of carbonyl (C=O) groups is 2. The molecule has 0 unspecified atom stereocenters. The third-order valence-corrected chi connectivity index (χ3v) is 8.05. The van der Waals surface area contributed by atoms with Gasteiger partial charge in [-0.05, 0) is 58.7 Å². The Morgan fingerprint density at radius 3 is 1.27 bits per heavy atom. The van der Waals surface area contributed by atoms with Crippen LogP contribution < -0.4 is 4.74 Å². The molecular weight excluding hydrogens is 624 g/mol. The quantitative estimate of drug-likeness (QED) is 0.137. The molecule has 4 aromatic rings. The first-order valence-corrected chi connectivity index (χ1v) is 15.8. The normalized spacial score (nSPS) is 11.3. The minimum atomic E-state index is -5.03. The molecule has 45 heavy (non-hydrogen) atoms. The molecule has 0 saturated carbocycles. The van der Waals surface area contributed by atoms with Crippen molar-refractivity contribution < 1.29 is 49.7 Å². The number of carbonyl (C=O) groups excluding carboxylic acids is 2. The topological polar surface area (TPSA) is 171 Å². The van der Waals surface area contributed by atoms with E-state index < -0.39 is 53.5 Å². The summed E-state index contributed by atoms with van der Waals surface area (Å²) in [5.74, 6) is -3.01. The number of rotatable bonds is 12. The fourth-order valence-corrected chi connectivity index (χ4v) is 5.20. The maximum atomic E-state index is 12.6. The molecule has 0 heterocycles. The molecule has 0 aliphatic carbocycles. The Morgan fingerprint density at radius 1 is 0.600 bits per heavy atom.